The van der Waals surface area contributed by atoms with Crippen molar-refractivity contribution in [2.75, 3.05) is 0 Å². The fraction of sp³-hybridized carbons (Fsp3) is 0.0952. The third-order valence-electron chi connectivity index (χ3n) is 3.79. The number of rotatable bonds is 5. The highest BCUT2D eigenvalue weighted by molar-refractivity contribution is 5.98. The van der Waals surface area contributed by atoms with E-state index in [4.69, 9.17) is 21.0 Å². The number of carbonyl (C=O) groups excluding carboxylic acids is 2. The van der Waals surface area contributed by atoms with Gasteiger partial charge in [-0.25, -0.2) is 4.68 Å². The molecule has 0 aliphatic carbocycles. The quantitative estimate of drug-likeness (QED) is 0.374. The molecule has 0 spiro atoms. The molecule has 3 rings (SSSR count). The second-order valence-corrected chi connectivity index (χ2v) is 6.16. The number of hydrogen-bond acceptors (Lipinski definition) is 5. The van der Waals surface area contributed by atoms with Crippen LogP contribution in [0.4, 0.5) is 0 Å². The first-order chi connectivity index (χ1) is 14.3. The molecule has 0 aliphatic rings. The minimum Gasteiger partial charge on any atom is -0.481 e. The van der Waals surface area contributed by atoms with Crippen molar-refractivity contribution in [2.24, 2.45) is 5.73 Å². The minimum atomic E-state index is -0.833. The lowest BCUT2D eigenvalue weighted by Crippen LogP contribution is -2.22. The summed E-state index contributed by atoms with van der Waals surface area (Å²) in [6.45, 7) is 1.40. The standard InChI is InChI=1S/C19H17N5O2.C2H4O2/c20-17(21)14-8-6-13(7-9-14)10-22-18(25)16-11-23-24(12-16)19(26)15-4-2-1-3-5-15;1-2(3)4/h1-9,11-12H,10H2,(H3,20,21)(H,22,25);1H3,(H,3,4). The van der Waals surface area contributed by atoms with Gasteiger partial charge >= 0.3 is 0 Å². The molecule has 0 bridgehead atoms. The van der Waals surface area contributed by atoms with Gasteiger partial charge in [0.15, 0.2) is 0 Å². The average Bonchev–Trinajstić information content (AvgIpc) is 3.22. The fourth-order valence-corrected chi connectivity index (χ4v) is 2.35. The SMILES string of the molecule is CC(=O)O.N=C(N)c1ccc(CNC(=O)c2cnn(C(=O)c3ccccc3)c2)cc1. The van der Waals surface area contributed by atoms with E-state index < -0.39 is 5.97 Å². The van der Waals surface area contributed by atoms with Crippen molar-refractivity contribution in [2.45, 2.75) is 13.5 Å². The number of nitrogens with two attached hydrogens (primary N) is 1. The molecule has 9 nitrogen and oxygen atoms in total. The van der Waals surface area contributed by atoms with E-state index in [0.717, 1.165) is 17.2 Å². The Bertz CT molecular complexity index is 1040. The molecule has 9 heteroatoms. The molecule has 3 aromatic rings. The molecule has 1 amide bonds. The van der Waals surface area contributed by atoms with Crippen molar-refractivity contribution in [3.63, 3.8) is 0 Å². The summed E-state index contributed by atoms with van der Waals surface area (Å²) in [7, 11) is 0. The van der Waals surface area contributed by atoms with Crippen LogP contribution >= 0.6 is 0 Å². The molecule has 0 atom stereocenters. The molecule has 5 N–H and O–H groups in total. The van der Waals surface area contributed by atoms with Crippen LogP contribution in [0.5, 0.6) is 0 Å². The van der Waals surface area contributed by atoms with Crippen LogP contribution in [0.2, 0.25) is 0 Å². The first-order valence-electron chi connectivity index (χ1n) is 8.83. The van der Waals surface area contributed by atoms with E-state index in [0.29, 0.717) is 23.2 Å². The van der Waals surface area contributed by atoms with Gasteiger partial charge in [0.05, 0.1) is 11.8 Å². The Hall–Kier alpha value is -4.27. The summed E-state index contributed by atoms with van der Waals surface area (Å²) in [4.78, 5) is 33.5. The fourth-order valence-electron chi connectivity index (χ4n) is 2.35. The Morgan fingerprint density at radius 3 is 2.20 bits per heavy atom. The number of benzene rings is 2. The van der Waals surface area contributed by atoms with E-state index in [2.05, 4.69) is 10.4 Å². The number of carbonyl (C=O) groups is 3. The maximum atomic E-state index is 12.3. The highest BCUT2D eigenvalue weighted by Gasteiger charge is 2.13. The molecule has 0 unspecified atom stereocenters. The molecule has 2 aromatic carbocycles. The molecule has 0 aliphatic heterocycles. The van der Waals surface area contributed by atoms with E-state index in [1.807, 2.05) is 6.07 Å². The van der Waals surface area contributed by atoms with E-state index in [-0.39, 0.29) is 17.6 Å². The van der Waals surface area contributed by atoms with E-state index >= 15 is 0 Å². The van der Waals surface area contributed by atoms with Gasteiger partial charge in [0.25, 0.3) is 17.8 Å². The third kappa shape index (κ3) is 6.41. The predicted molar refractivity (Wildman–Crippen MR) is 110 cm³/mol. The molecular weight excluding hydrogens is 386 g/mol. The van der Waals surface area contributed by atoms with Crippen LogP contribution in [0.1, 0.15) is 38.8 Å². The van der Waals surface area contributed by atoms with Crippen molar-refractivity contribution in [1.29, 1.82) is 5.41 Å². The van der Waals surface area contributed by atoms with Crippen molar-refractivity contribution < 1.29 is 19.5 Å². The van der Waals surface area contributed by atoms with Gasteiger partial charge in [0, 0.05) is 30.8 Å². The lowest BCUT2D eigenvalue weighted by atomic mass is 10.1. The smallest absolute Gasteiger partial charge is 0.300 e. The van der Waals surface area contributed by atoms with Gasteiger partial charge in [-0.2, -0.15) is 5.10 Å². The number of nitrogens with zero attached hydrogens (tertiary/aromatic N) is 2. The summed E-state index contributed by atoms with van der Waals surface area (Å²) in [5.41, 5.74) is 7.70. The van der Waals surface area contributed by atoms with E-state index in [1.165, 1.54) is 12.4 Å². The Labute approximate surface area is 172 Å². The number of carboxylic acid groups (broad SMARTS) is 1. The summed E-state index contributed by atoms with van der Waals surface area (Å²) in [5.74, 6) is -1.46. The Morgan fingerprint density at radius 2 is 1.63 bits per heavy atom. The maximum Gasteiger partial charge on any atom is 0.300 e. The second-order valence-electron chi connectivity index (χ2n) is 6.16. The average molecular weight is 407 g/mol. The number of nitrogens with one attached hydrogen (secondary N) is 2. The minimum absolute atomic E-state index is 0.00363. The van der Waals surface area contributed by atoms with E-state index in [9.17, 15) is 9.59 Å². The van der Waals surface area contributed by atoms with Crippen LogP contribution in [0, 0.1) is 5.41 Å². The summed E-state index contributed by atoms with van der Waals surface area (Å²) >= 11 is 0. The Kier molecular flexibility index (Phi) is 7.58. The van der Waals surface area contributed by atoms with Gasteiger partial charge in [0.1, 0.15) is 5.84 Å². The highest BCUT2D eigenvalue weighted by atomic mass is 16.4. The van der Waals surface area contributed by atoms with Crippen molar-refractivity contribution in [1.82, 2.24) is 15.1 Å². The molecule has 0 saturated heterocycles. The number of carboxylic acids is 1. The molecule has 0 radical (unpaired) electrons. The highest BCUT2D eigenvalue weighted by Crippen LogP contribution is 2.06. The Balaban J connectivity index is 0.000000735. The maximum absolute atomic E-state index is 12.3. The van der Waals surface area contributed by atoms with Crippen molar-refractivity contribution in [3.05, 3.63) is 89.2 Å². The molecular formula is C21H21N5O4. The van der Waals surface area contributed by atoms with E-state index in [1.54, 1.807) is 48.5 Å². The number of nitrogen functional groups attached to an aromatic ring is 1. The first-order valence-corrected chi connectivity index (χ1v) is 8.83. The van der Waals surface area contributed by atoms with Crippen LogP contribution in [0.15, 0.2) is 67.0 Å². The van der Waals surface area contributed by atoms with Crippen molar-refractivity contribution in [3.8, 4) is 0 Å². The first kappa shape index (κ1) is 22.0. The molecule has 1 heterocycles. The number of aromatic nitrogens is 2. The van der Waals surface area contributed by atoms with Gasteiger partial charge in [-0.15, -0.1) is 0 Å². The lowest BCUT2D eigenvalue weighted by Gasteiger charge is -2.05. The molecule has 30 heavy (non-hydrogen) atoms. The second kappa shape index (κ2) is 10.3. The number of aliphatic carboxylic acids is 1. The van der Waals surface area contributed by atoms with Gasteiger partial charge < -0.3 is 16.2 Å². The number of amides is 1. The molecule has 154 valence electrons. The zero-order chi connectivity index (χ0) is 22.1. The van der Waals surface area contributed by atoms with Crippen LogP contribution in [0.25, 0.3) is 0 Å². The molecule has 0 fully saturated rings. The molecule has 0 saturated carbocycles. The number of amidine groups is 1. The molecule has 1 aromatic heterocycles. The van der Waals surface area contributed by atoms with Gasteiger partial charge in [-0.3, -0.25) is 19.8 Å². The van der Waals surface area contributed by atoms with Gasteiger partial charge in [0.2, 0.25) is 0 Å². The zero-order valence-electron chi connectivity index (χ0n) is 16.2. The summed E-state index contributed by atoms with van der Waals surface area (Å²) < 4.78 is 1.14. The Morgan fingerprint density at radius 1 is 1.03 bits per heavy atom. The summed E-state index contributed by atoms with van der Waals surface area (Å²) in [6, 6.07) is 15.8. The van der Waals surface area contributed by atoms with Crippen LogP contribution < -0.4 is 11.1 Å². The normalized spacial score (nSPS) is 9.77. The summed E-state index contributed by atoms with van der Waals surface area (Å²) in [5, 5.41) is 21.5. The predicted octanol–water partition coefficient (Wildman–Crippen LogP) is 1.88. The monoisotopic (exact) mass is 407 g/mol. The lowest BCUT2D eigenvalue weighted by molar-refractivity contribution is -0.134. The van der Waals surface area contributed by atoms with Crippen LogP contribution in [-0.4, -0.2) is 38.5 Å². The van der Waals surface area contributed by atoms with Gasteiger partial charge in [-0.1, -0.05) is 42.5 Å². The van der Waals surface area contributed by atoms with Gasteiger partial charge in [-0.05, 0) is 17.7 Å². The van der Waals surface area contributed by atoms with Crippen LogP contribution in [0.3, 0.4) is 0 Å². The van der Waals surface area contributed by atoms with Crippen molar-refractivity contribution >= 4 is 23.6 Å². The van der Waals surface area contributed by atoms with Crippen LogP contribution in [-0.2, 0) is 11.3 Å². The summed E-state index contributed by atoms with van der Waals surface area (Å²) in [6.07, 6.45) is 2.76. The zero-order valence-corrected chi connectivity index (χ0v) is 16.2. The number of hydrogen-bond donors (Lipinski definition) is 4. The largest absolute Gasteiger partial charge is 0.481 e. The third-order valence-corrected chi connectivity index (χ3v) is 3.79. The topological polar surface area (TPSA) is 151 Å².